The number of benzene rings is 2. The summed E-state index contributed by atoms with van der Waals surface area (Å²) in [7, 11) is -3.60. The van der Waals surface area contributed by atoms with Crippen molar-refractivity contribution in [1.82, 2.24) is 4.98 Å². The number of aromatic nitrogens is 1. The van der Waals surface area contributed by atoms with E-state index in [9.17, 15) is 8.42 Å². The molecule has 2 aromatic carbocycles. The van der Waals surface area contributed by atoms with Crippen LogP contribution in [0.5, 0.6) is 0 Å². The Kier molecular flexibility index (Phi) is 3.30. The number of hydrogen-bond acceptors (Lipinski definition) is 5. The average Bonchev–Trinajstić information content (AvgIpc) is 2.78. The van der Waals surface area contributed by atoms with Crippen molar-refractivity contribution in [2.75, 3.05) is 10.5 Å². The third-order valence-corrected chi connectivity index (χ3v) is 5.25. The van der Waals surface area contributed by atoms with Gasteiger partial charge in [-0.15, -0.1) is 0 Å². The fourth-order valence-corrected chi connectivity index (χ4v) is 3.70. The van der Waals surface area contributed by atoms with Crippen molar-refractivity contribution >= 4 is 42.4 Å². The maximum Gasteiger partial charge on any atom is 0.261 e. The molecule has 0 spiro atoms. The molecule has 1 aromatic heterocycles. The van der Waals surface area contributed by atoms with Gasteiger partial charge >= 0.3 is 0 Å². The summed E-state index contributed by atoms with van der Waals surface area (Å²) in [5.74, 6) is 0. The highest BCUT2D eigenvalue weighted by Crippen LogP contribution is 2.27. The molecule has 7 heteroatoms. The Labute approximate surface area is 126 Å². The van der Waals surface area contributed by atoms with Crippen molar-refractivity contribution in [1.29, 1.82) is 0 Å². The molecule has 108 valence electrons. The number of rotatable bonds is 3. The lowest BCUT2D eigenvalue weighted by Crippen LogP contribution is -2.12. The second-order valence-corrected chi connectivity index (χ2v) is 7.40. The van der Waals surface area contributed by atoms with Crippen molar-refractivity contribution in [3.63, 3.8) is 0 Å². The van der Waals surface area contributed by atoms with Crippen LogP contribution in [-0.4, -0.2) is 13.4 Å². The molecule has 21 heavy (non-hydrogen) atoms. The number of fused-ring (bicyclic) bond motifs is 1. The topological polar surface area (TPSA) is 85.1 Å². The minimum atomic E-state index is -3.60. The number of anilines is 2. The SMILES string of the molecule is Cc1ccc(S(=O)(=O)Nc2ccc3sc(N)nc3c2)cc1. The van der Waals surface area contributed by atoms with Gasteiger partial charge in [0.05, 0.1) is 20.8 Å². The van der Waals surface area contributed by atoms with Crippen LogP contribution in [-0.2, 0) is 10.0 Å². The van der Waals surface area contributed by atoms with Gasteiger partial charge < -0.3 is 5.73 Å². The molecule has 0 unspecified atom stereocenters. The van der Waals surface area contributed by atoms with E-state index >= 15 is 0 Å². The second-order valence-electron chi connectivity index (χ2n) is 4.65. The smallest absolute Gasteiger partial charge is 0.261 e. The molecule has 0 saturated heterocycles. The molecular weight excluding hydrogens is 306 g/mol. The van der Waals surface area contributed by atoms with E-state index in [4.69, 9.17) is 5.73 Å². The molecule has 0 amide bonds. The number of nitrogens with one attached hydrogen (secondary N) is 1. The average molecular weight is 319 g/mol. The highest BCUT2D eigenvalue weighted by Gasteiger charge is 2.14. The molecule has 0 aliphatic carbocycles. The number of nitrogen functional groups attached to an aromatic ring is 1. The molecule has 0 saturated carbocycles. The van der Waals surface area contributed by atoms with E-state index in [-0.39, 0.29) is 4.90 Å². The Balaban J connectivity index is 1.94. The standard InChI is InChI=1S/C14H13N3O2S2/c1-9-2-5-11(6-3-9)21(18,19)17-10-4-7-13-12(8-10)16-14(15)20-13/h2-8,17H,1H3,(H2,15,16). The zero-order chi connectivity index (χ0) is 15.0. The molecule has 3 N–H and O–H groups in total. The lowest BCUT2D eigenvalue weighted by Gasteiger charge is -2.08. The Morgan fingerprint density at radius 2 is 1.86 bits per heavy atom. The summed E-state index contributed by atoms with van der Waals surface area (Å²) in [6, 6.07) is 11.9. The number of nitrogens with two attached hydrogens (primary N) is 1. The van der Waals surface area contributed by atoms with Crippen LogP contribution in [0.2, 0.25) is 0 Å². The fraction of sp³-hybridized carbons (Fsp3) is 0.0714. The van der Waals surface area contributed by atoms with Crippen molar-refractivity contribution in [3.8, 4) is 0 Å². The molecular formula is C14H13N3O2S2. The summed E-state index contributed by atoms with van der Waals surface area (Å²) in [5, 5.41) is 0.462. The summed E-state index contributed by atoms with van der Waals surface area (Å²) in [4.78, 5) is 4.38. The quantitative estimate of drug-likeness (QED) is 0.777. The molecule has 0 fully saturated rings. The zero-order valence-corrected chi connectivity index (χ0v) is 12.8. The number of thiazole rings is 1. The summed E-state index contributed by atoms with van der Waals surface area (Å²) in [6.07, 6.45) is 0. The summed E-state index contributed by atoms with van der Waals surface area (Å²) in [5.41, 5.74) is 7.80. The maximum atomic E-state index is 12.3. The molecule has 0 bridgehead atoms. The van der Waals surface area contributed by atoms with Gasteiger partial charge in [0.15, 0.2) is 5.13 Å². The second kappa shape index (κ2) is 5.01. The Hall–Kier alpha value is -2.12. The molecule has 0 atom stereocenters. The van der Waals surface area contributed by atoms with Gasteiger partial charge in [0, 0.05) is 0 Å². The van der Waals surface area contributed by atoms with E-state index in [2.05, 4.69) is 9.71 Å². The van der Waals surface area contributed by atoms with Crippen LogP contribution in [0.25, 0.3) is 10.2 Å². The Morgan fingerprint density at radius 1 is 1.14 bits per heavy atom. The first-order valence-corrected chi connectivity index (χ1v) is 8.49. The zero-order valence-electron chi connectivity index (χ0n) is 11.2. The molecule has 1 heterocycles. The van der Waals surface area contributed by atoms with E-state index in [1.807, 2.05) is 6.92 Å². The Bertz CT molecular complexity index is 900. The van der Waals surface area contributed by atoms with Gasteiger partial charge in [0.1, 0.15) is 0 Å². The number of hydrogen-bond donors (Lipinski definition) is 2. The third kappa shape index (κ3) is 2.84. The van der Waals surface area contributed by atoms with Crippen LogP contribution in [0.3, 0.4) is 0 Å². The predicted octanol–water partition coefficient (Wildman–Crippen LogP) is 2.99. The number of nitrogens with zero attached hydrogens (tertiary/aromatic N) is 1. The minimum Gasteiger partial charge on any atom is -0.375 e. The lowest BCUT2D eigenvalue weighted by molar-refractivity contribution is 0.601. The number of sulfonamides is 1. The van der Waals surface area contributed by atoms with Crippen LogP contribution in [0.15, 0.2) is 47.4 Å². The van der Waals surface area contributed by atoms with Crippen molar-refractivity contribution < 1.29 is 8.42 Å². The third-order valence-electron chi connectivity index (χ3n) is 2.99. The Morgan fingerprint density at radius 3 is 2.57 bits per heavy atom. The fourth-order valence-electron chi connectivity index (χ4n) is 1.94. The first-order valence-electron chi connectivity index (χ1n) is 6.20. The molecule has 3 rings (SSSR count). The number of aryl methyl sites for hydroxylation is 1. The first-order chi connectivity index (χ1) is 9.94. The van der Waals surface area contributed by atoms with Gasteiger partial charge in [-0.05, 0) is 37.3 Å². The minimum absolute atomic E-state index is 0.228. The van der Waals surface area contributed by atoms with Crippen LogP contribution in [0.4, 0.5) is 10.8 Å². The lowest BCUT2D eigenvalue weighted by atomic mass is 10.2. The molecule has 5 nitrogen and oxygen atoms in total. The first kappa shape index (κ1) is 13.8. The summed E-state index contributed by atoms with van der Waals surface area (Å²) < 4.78 is 28.1. The molecule has 3 aromatic rings. The van der Waals surface area contributed by atoms with Crippen LogP contribution >= 0.6 is 11.3 Å². The molecule has 0 aliphatic heterocycles. The highest BCUT2D eigenvalue weighted by molar-refractivity contribution is 7.92. The monoisotopic (exact) mass is 319 g/mol. The van der Waals surface area contributed by atoms with Gasteiger partial charge in [0.25, 0.3) is 10.0 Å². The maximum absolute atomic E-state index is 12.3. The van der Waals surface area contributed by atoms with Crippen molar-refractivity contribution in [3.05, 3.63) is 48.0 Å². The summed E-state index contributed by atoms with van der Waals surface area (Å²) >= 11 is 1.37. The van der Waals surface area contributed by atoms with Gasteiger partial charge in [-0.25, -0.2) is 13.4 Å². The van der Waals surface area contributed by atoms with E-state index in [1.165, 1.54) is 11.3 Å². The predicted molar refractivity (Wildman–Crippen MR) is 86.0 cm³/mol. The van der Waals surface area contributed by atoms with Crippen molar-refractivity contribution in [2.24, 2.45) is 0 Å². The van der Waals surface area contributed by atoms with Gasteiger partial charge in [0.2, 0.25) is 0 Å². The molecule has 0 aliphatic rings. The summed E-state index contributed by atoms with van der Waals surface area (Å²) in [6.45, 7) is 1.91. The van der Waals surface area contributed by atoms with E-state index in [0.29, 0.717) is 16.3 Å². The van der Waals surface area contributed by atoms with Crippen LogP contribution < -0.4 is 10.5 Å². The molecule has 0 radical (unpaired) electrons. The largest absolute Gasteiger partial charge is 0.375 e. The van der Waals surface area contributed by atoms with Crippen molar-refractivity contribution in [2.45, 2.75) is 11.8 Å². The van der Waals surface area contributed by atoms with Gasteiger partial charge in [-0.1, -0.05) is 29.0 Å². The van der Waals surface area contributed by atoms with Crippen LogP contribution in [0, 0.1) is 6.92 Å². The van der Waals surface area contributed by atoms with Gasteiger partial charge in [-0.2, -0.15) is 0 Å². The normalized spacial score (nSPS) is 11.7. The van der Waals surface area contributed by atoms with Crippen LogP contribution in [0.1, 0.15) is 5.56 Å². The van der Waals surface area contributed by atoms with E-state index in [1.54, 1.807) is 42.5 Å². The highest BCUT2D eigenvalue weighted by atomic mass is 32.2. The van der Waals surface area contributed by atoms with E-state index < -0.39 is 10.0 Å². The van der Waals surface area contributed by atoms with E-state index in [0.717, 1.165) is 10.3 Å². The van der Waals surface area contributed by atoms with Gasteiger partial charge in [-0.3, -0.25) is 4.72 Å².